The largest absolute Gasteiger partial charge is 0.465 e. The van der Waals surface area contributed by atoms with Gasteiger partial charge in [0.05, 0.1) is 76.8 Å². The number of benzene rings is 3. The molecule has 2 fully saturated rings. The fourth-order valence-corrected chi connectivity index (χ4v) is 11.7. The van der Waals surface area contributed by atoms with E-state index in [1.807, 2.05) is 12.1 Å². The number of nitrogens with zero attached hydrogens (tertiary/aromatic N) is 2. The van der Waals surface area contributed by atoms with Crippen molar-refractivity contribution in [2.45, 2.75) is 119 Å². The van der Waals surface area contributed by atoms with Crippen molar-refractivity contribution in [3.05, 3.63) is 106 Å². The third-order valence-corrected chi connectivity index (χ3v) is 16.5. The average Bonchev–Trinajstić information content (AvgIpc) is 3.68. The SMILES string of the molecule is C=CC(=O)OCCCC(=O)CCC(=O)OCCc1ccc(OC(=O)C2CCC(C(=O)Oc3cc(C)c(OC(=O)C4CCC(C(=O)Oc5ccc(CCOC(=O)CCC(=O)OCCOC(=O)C=C)cc5)CC4)c4c3SC(=C(C#N)C#N)S4)CC2)cc1. The summed E-state index contributed by atoms with van der Waals surface area (Å²) in [5.74, 6) is -6.04. The van der Waals surface area contributed by atoms with Crippen LogP contribution >= 0.6 is 23.5 Å². The molecular weight excluding hydrogens is 1140 g/mol. The zero-order valence-electron chi connectivity index (χ0n) is 46.9. The molecular formula is C62H64N2O19S2. The number of ketones is 1. The summed E-state index contributed by atoms with van der Waals surface area (Å²) in [4.78, 5) is 125. The van der Waals surface area contributed by atoms with Crippen molar-refractivity contribution in [1.82, 2.24) is 0 Å². The van der Waals surface area contributed by atoms with Crippen molar-refractivity contribution in [2.24, 2.45) is 23.7 Å². The van der Waals surface area contributed by atoms with Gasteiger partial charge in [-0.3, -0.25) is 38.4 Å². The Morgan fingerprint density at radius 1 is 0.506 bits per heavy atom. The summed E-state index contributed by atoms with van der Waals surface area (Å²) >= 11 is 2.12. The van der Waals surface area contributed by atoms with Gasteiger partial charge in [-0.2, -0.15) is 10.5 Å². The molecule has 0 atom stereocenters. The van der Waals surface area contributed by atoms with Crippen LogP contribution in [0.1, 0.15) is 107 Å². The molecule has 23 heteroatoms. The second-order valence-corrected chi connectivity index (χ2v) is 22.2. The number of Topliss-reactive ketones (excluding diaryl/α,β-unsaturated/α-hetero) is 1. The maximum atomic E-state index is 13.8. The minimum atomic E-state index is -0.643. The molecule has 448 valence electrons. The molecule has 2 saturated carbocycles. The van der Waals surface area contributed by atoms with Crippen LogP contribution < -0.4 is 18.9 Å². The highest BCUT2D eigenvalue weighted by Gasteiger charge is 2.37. The summed E-state index contributed by atoms with van der Waals surface area (Å²) < 4.78 is 48.7. The third kappa shape index (κ3) is 20.9. The van der Waals surface area contributed by atoms with Crippen LogP contribution in [0, 0.1) is 53.3 Å². The van der Waals surface area contributed by atoms with Gasteiger partial charge in [0.15, 0.2) is 0 Å². The third-order valence-electron chi connectivity index (χ3n) is 13.9. The summed E-state index contributed by atoms with van der Waals surface area (Å²) in [5.41, 5.74) is 1.93. The van der Waals surface area contributed by atoms with Gasteiger partial charge < -0.3 is 42.6 Å². The number of aryl methyl sites for hydroxylation is 1. The number of rotatable bonds is 29. The average molecular weight is 1210 g/mol. The smallest absolute Gasteiger partial charge is 0.330 e. The van der Waals surface area contributed by atoms with Gasteiger partial charge >= 0.3 is 53.7 Å². The second-order valence-electron chi connectivity index (χ2n) is 19.9. The topological polar surface area (TPSA) is 301 Å². The quantitative estimate of drug-likeness (QED) is 0.0156. The first-order valence-electron chi connectivity index (χ1n) is 27.7. The van der Waals surface area contributed by atoms with Gasteiger partial charge in [0.2, 0.25) is 0 Å². The molecule has 6 rings (SSSR count). The number of ether oxygens (including phenoxy) is 9. The number of carbonyl (C=O) groups is 10. The van der Waals surface area contributed by atoms with Crippen molar-refractivity contribution < 1.29 is 90.6 Å². The van der Waals surface area contributed by atoms with Crippen LogP contribution in [0.3, 0.4) is 0 Å². The van der Waals surface area contributed by atoms with Gasteiger partial charge in [-0.15, -0.1) is 0 Å². The summed E-state index contributed by atoms with van der Waals surface area (Å²) in [6, 6.07) is 18.9. The molecule has 85 heavy (non-hydrogen) atoms. The Labute approximate surface area is 499 Å². The second kappa shape index (κ2) is 33.7. The van der Waals surface area contributed by atoms with Gasteiger partial charge in [0, 0.05) is 37.8 Å². The maximum Gasteiger partial charge on any atom is 0.330 e. The van der Waals surface area contributed by atoms with E-state index in [0.717, 1.165) is 46.8 Å². The summed E-state index contributed by atoms with van der Waals surface area (Å²) in [6.45, 7) is 8.20. The van der Waals surface area contributed by atoms with Crippen LogP contribution in [0.25, 0.3) is 0 Å². The van der Waals surface area contributed by atoms with E-state index in [1.165, 1.54) is 0 Å². The Kier molecular flexibility index (Phi) is 26.0. The van der Waals surface area contributed by atoms with E-state index >= 15 is 0 Å². The molecule has 3 aliphatic rings. The predicted molar refractivity (Wildman–Crippen MR) is 303 cm³/mol. The molecule has 0 saturated heterocycles. The van der Waals surface area contributed by atoms with Gasteiger partial charge in [-0.25, -0.2) is 9.59 Å². The van der Waals surface area contributed by atoms with Gasteiger partial charge in [-0.1, -0.05) is 60.9 Å². The number of hydrogen-bond donors (Lipinski definition) is 0. The van der Waals surface area contributed by atoms with Crippen LogP contribution in [0.4, 0.5) is 0 Å². The van der Waals surface area contributed by atoms with E-state index in [9.17, 15) is 58.5 Å². The molecule has 0 spiro atoms. The molecule has 0 aromatic heterocycles. The summed E-state index contributed by atoms with van der Waals surface area (Å²) in [5, 5.41) is 19.5. The van der Waals surface area contributed by atoms with Gasteiger partial charge in [-0.05, 0) is 112 Å². The number of fused-ring (bicyclic) bond motifs is 1. The number of nitriles is 2. The first-order valence-corrected chi connectivity index (χ1v) is 29.3. The fraction of sp³-hybridized carbons (Fsp3) is 0.419. The first-order chi connectivity index (χ1) is 41.0. The molecule has 3 aromatic rings. The van der Waals surface area contributed by atoms with Crippen LogP contribution in [-0.2, 0) is 84.5 Å². The standard InChI is InChI=1S/C62H64N2O19S2/c1-4-50(66)75-30-6-7-46(65)20-25-52(68)76-31-28-39-8-21-47(22-9-39)80-58(71)41-12-16-43(17-13-41)60(73)82-49-35-38(3)55(57-56(49)84-62(85-57)45(36-63)37-64)83-61(74)44-18-14-42(15-19-44)59(72)81-48-23-10-40(11-24-48)29-32-77-53(69)26-27-54(70)79-34-33-78-51(67)5-2/h4-5,8-11,21-24,35,41-44H,1-2,6-7,12-20,25-34H2,3H3. The number of carbonyl (C=O) groups excluding carboxylic acids is 10. The molecule has 0 radical (unpaired) electrons. The zero-order valence-corrected chi connectivity index (χ0v) is 48.5. The highest BCUT2D eigenvalue weighted by atomic mass is 32.2. The molecule has 3 aromatic carbocycles. The van der Waals surface area contributed by atoms with E-state index in [1.54, 1.807) is 61.5 Å². The number of hydrogen-bond acceptors (Lipinski definition) is 23. The number of thioether (sulfide) groups is 2. The molecule has 0 N–H and O–H groups in total. The van der Waals surface area contributed by atoms with Crippen LogP contribution in [0.5, 0.6) is 23.0 Å². The lowest BCUT2D eigenvalue weighted by atomic mass is 9.82. The van der Waals surface area contributed by atoms with Crippen molar-refractivity contribution in [3.63, 3.8) is 0 Å². The first kappa shape index (κ1) is 65.6. The number of esters is 9. The lowest BCUT2D eigenvalue weighted by Gasteiger charge is -2.27. The Morgan fingerprint density at radius 3 is 1.36 bits per heavy atom. The van der Waals surface area contributed by atoms with E-state index in [2.05, 4.69) is 13.2 Å². The minimum Gasteiger partial charge on any atom is -0.465 e. The van der Waals surface area contributed by atoms with E-state index in [4.69, 9.17) is 42.6 Å². The van der Waals surface area contributed by atoms with Crippen molar-refractivity contribution in [1.29, 1.82) is 10.5 Å². The molecule has 0 amide bonds. The molecule has 0 bridgehead atoms. The van der Waals surface area contributed by atoms with Crippen LogP contribution in [0.2, 0.25) is 0 Å². The predicted octanol–water partition coefficient (Wildman–Crippen LogP) is 9.17. The van der Waals surface area contributed by atoms with E-state index in [0.29, 0.717) is 102 Å². The van der Waals surface area contributed by atoms with E-state index < -0.39 is 77.4 Å². The Morgan fingerprint density at radius 2 is 0.906 bits per heavy atom. The molecule has 1 aliphatic heterocycles. The highest BCUT2D eigenvalue weighted by Crippen LogP contribution is 2.60. The molecule has 1 heterocycles. The highest BCUT2D eigenvalue weighted by molar-refractivity contribution is 8.24. The van der Waals surface area contributed by atoms with Crippen LogP contribution in [0.15, 0.2) is 99.5 Å². The molecule has 21 nitrogen and oxygen atoms in total. The normalized spacial score (nSPS) is 16.7. The Bertz CT molecular complexity index is 3090. The van der Waals surface area contributed by atoms with Gasteiger partial charge in [0.1, 0.15) is 59.7 Å². The zero-order chi connectivity index (χ0) is 61.3. The molecule has 0 unspecified atom stereocenters. The van der Waals surface area contributed by atoms with Gasteiger partial charge in [0.25, 0.3) is 0 Å². The fourth-order valence-electron chi connectivity index (χ4n) is 9.10. The van der Waals surface area contributed by atoms with E-state index in [-0.39, 0.29) is 88.0 Å². The minimum absolute atomic E-state index is 0.0220. The maximum absolute atomic E-state index is 13.8. The molecule has 2 aliphatic carbocycles. The summed E-state index contributed by atoms with van der Waals surface area (Å²) in [6.07, 6.45) is 5.71. The Hall–Kier alpha value is -8.54. The lowest BCUT2D eigenvalue weighted by Crippen LogP contribution is -2.31. The van der Waals surface area contributed by atoms with Crippen molar-refractivity contribution in [2.75, 3.05) is 33.0 Å². The van der Waals surface area contributed by atoms with Crippen molar-refractivity contribution >= 4 is 83.0 Å². The monoisotopic (exact) mass is 1200 g/mol. The number of allylic oxidation sites excluding steroid dienone is 1. The summed E-state index contributed by atoms with van der Waals surface area (Å²) in [7, 11) is 0. The Balaban J connectivity index is 0.916. The van der Waals surface area contributed by atoms with Crippen molar-refractivity contribution in [3.8, 4) is 35.1 Å². The lowest BCUT2D eigenvalue weighted by molar-refractivity contribution is -0.152. The van der Waals surface area contributed by atoms with Crippen LogP contribution in [-0.4, -0.2) is 92.5 Å².